The highest BCUT2D eigenvalue weighted by atomic mass is 16.6. The van der Waals surface area contributed by atoms with E-state index in [-0.39, 0.29) is 17.6 Å². The van der Waals surface area contributed by atoms with Crippen LogP contribution in [-0.4, -0.2) is 55.3 Å². The van der Waals surface area contributed by atoms with E-state index in [0.717, 1.165) is 12.5 Å². The molecular weight excluding hydrogens is 280 g/mol. The summed E-state index contributed by atoms with van der Waals surface area (Å²) in [7, 11) is 3.51. The molecule has 130 valence electrons. The van der Waals surface area contributed by atoms with Gasteiger partial charge in [0.05, 0.1) is 0 Å². The van der Waals surface area contributed by atoms with Gasteiger partial charge < -0.3 is 20.3 Å². The molecule has 0 bridgehead atoms. The number of guanidine groups is 1. The quantitative estimate of drug-likeness (QED) is 0.618. The van der Waals surface area contributed by atoms with Crippen LogP contribution in [0.2, 0.25) is 0 Å². The van der Waals surface area contributed by atoms with Gasteiger partial charge in [-0.05, 0) is 47.5 Å². The Labute approximate surface area is 135 Å². The van der Waals surface area contributed by atoms with E-state index < -0.39 is 5.60 Å². The van der Waals surface area contributed by atoms with Gasteiger partial charge in [-0.3, -0.25) is 4.99 Å². The van der Waals surface area contributed by atoms with Crippen LogP contribution in [0.4, 0.5) is 4.79 Å². The number of nitrogens with zero attached hydrogens (tertiary/aromatic N) is 2. The first kappa shape index (κ1) is 20.5. The van der Waals surface area contributed by atoms with Crippen molar-refractivity contribution in [2.45, 2.75) is 59.6 Å². The Morgan fingerprint density at radius 3 is 2.18 bits per heavy atom. The second-order valence-corrected chi connectivity index (χ2v) is 7.79. The summed E-state index contributed by atoms with van der Waals surface area (Å²) in [6.07, 6.45) is -0.295. The smallest absolute Gasteiger partial charge is 0.410 e. The molecule has 0 radical (unpaired) electrons. The van der Waals surface area contributed by atoms with Gasteiger partial charge in [0.1, 0.15) is 5.60 Å². The Morgan fingerprint density at radius 2 is 1.77 bits per heavy atom. The first-order valence-corrected chi connectivity index (χ1v) is 7.77. The van der Waals surface area contributed by atoms with E-state index in [0.29, 0.717) is 6.54 Å². The van der Waals surface area contributed by atoms with Crippen molar-refractivity contribution in [3.8, 4) is 0 Å². The molecule has 1 unspecified atom stereocenters. The van der Waals surface area contributed by atoms with Gasteiger partial charge in [0.15, 0.2) is 5.96 Å². The molecule has 0 spiro atoms. The molecule has 0 saturated carbocycles. The van der Waals surface area contributed by atoms with Gasteiger partial charge in [-0.1, -0.05) is 6.92 Å². The van der Waals surface area contributed by atoms with Gasteiger partial charge >= 0.3 is 6.09 Å². The van der Waals surface area contributed by atoms with Gasteiger partial charge in [-0.15, -0.1) is 0 Å². The molecule has 2 N–H and O–H groups in total. The van der Waals surface area contributed by atoms with E-state index in [2.05, 4.69) is 43.3 Å². The minimum atomic E-state index is -0.467. The lowest BCUT2D eigenvalue weighted by Gasteiger charge is -2.27. The van der Waals surface area contributed by atoms with Crippen LogP contribution in [-0.2, 0) is 4.74 Å². The average Bonchev–Trinajstić information content (AvgIpc) is 2.30. The maximum Gasteiger partial charge on any atom is 0.410 e. The van der Waals surface area contributed by atoms with Crippen molar-refractivity contribution in [3.05, 3.63) is 0 Å². The van der Waals surface area contributed by atoms with Crippen molar-refractivity contribution < 1.29 is 9.53 Å². The molecule has 0 fully saturated rings. The summed E-state index contributed by atoms with van der Waals surface area (Å²) in [4.78, 5) is 17.7. The summed E-state index contributed by atoms with van der Waals surface area (Å²) in [6.45, 7) is 15.3. The van der Waals surface area contributed by atoms with E-state index >= 15 is 0 Å². The van der Waals surface area contributed by atoms with E-state index in [9.17, 15) is 4.79 Å². The molecule has 0 rings (SSSR count). The van der Waals surface area contributed by atoms with E-state index in [1.54, 1.807) is 19.0 Å². The second kappa shape index (κ2) is 8.25. The second-order valence-electron chi connectivity index (χ2n) is 7.79. The molecule has 0 aromatic rings. The lowest BCUT2D eigenvalue weighted by atomic mass is 10.1. The molecule has 6 heteroatoms. The third-order valence-corrected chi connectivity index (χ3v) is 2.63. The molecule has 1 amide bonds. The Balaban J connectivity index is 4.28. The van der Waals surface area contributed by atoms with Crippen LogP contribution >= 0.6 is 0 Å². The largest absolute Gasteiger partial charge is 0.444 e. The maximum atomic E-state index is 11.9. The fraction of sp³-hybridized carbons (Fsp3) is 0.875. The summed E-state index contributed by atoms with van der Waals surface area (Å²) >= 11 is 0. The fourth-order valence-corrected chi connectivity index (χ4v) is 1.75. The zero-order valence-corrected chi connectivity index (χ0v) is 15.7. The van der Waals surface area contributed by atoms with E-state index in [4.69, 9.17) is 4.74 Å². The fourth-order valence-electron chi connectivity index (χ4n) is 1.75. The maximum absolute atomic E-state index is 11.9. The van der Waals surface area contributed by atoms with Crippen LogP contribution < -0.4 is 10.6 Å². The van der Waals surface area contributed by atoms with Crippen LogP contribution in [0.25, 0.3) is 0 Å². The van der Waals surface area contributed by atoms with Gasteiger partial charge in [-0.25, -0.2) is 4.79 Å². The normalized spacial score (nSPS) is 14.3. The summed E-state index contributed by atoms with van der Waals surface area (Å²) in [5.74, 6) is 1.04. The monoisotopic (exact) mass is 314 g/mol. The molecule has 0 aromatic carbocycles. The number of aliphatic imine (C=N–C) groups is 1. The van der Waals surface area contributed by atoms with Gasteiger partial charge in [0.2, 0.25) is 0 Å². The Hall–Kier alpha value is -1.46. The predicted octanol–water partition coefficient (Wildman–Crippen LogP) is 2.45. The van der Waals surface area contributed by atoms with Crippen LogP contribution in [0, 0.1) is 5.92 Å². The number of rotatable bonds is 4. The standard InChI is InChI=1S/C16H34N4O2/c1-12(10-18-13(17-8)19-15(2,3)4)11-20(9)14(21)22-16(5,6)7/h12H,10-11H2,1-9H3,(H2,17,18,19). The number of hydrogen-bond donors (Lipinski definition) is 2. The van der Waals surface area contributed by atoms with E-state index in [1.165, 1.54) is 0 Å². The molecule has 0 aliphatic carbocycles. The molecule has 0 aromatic heterocycles. The van der Waals surface area contributed by atoms with Gasteiger partial charge in [0, 0.05) is 32.7 Å². The lowest BCUT2D eigenvalue weighted by Crippen LogP contribution is -2.49. The molecule has 0 aliphatic rings. The molecule has 0 heterocycles. The third kappa shape index (κ3) is 10.3. The lowest BCUT2D eigenvalue weighted by molar-refractivity contribution is 0.0278. The Morgan fingerprint density at radius 1 is 1.23 bits per heavy atom. The SMILES string of the molecule is CN=C(NCC(C)CN(C)C(=O)OC(C)(C)C)NC(C)(C)C. The molecule has 0 aliphatic heterocycles. The number of carbonyl (C=O) groups excluding carboxylic acids is 1. The van der Waals surface area contributed by atoms with Crippen molar-refractivity contribution in [1.29, 1.82) is 0 Å². The number of amides is 1. The van der Waals surface area contributed by atoms with Crippen molar-refractivity contribution in [2.24, 2.45) is 10.9 Å². The van der Waals surface area contributed by atoms with Crippen LogP contribution in [0.15, 0.2) is 4.99 Å². The predicted molar refractivity (Wildman–Crippen MR) is 92.3 cm³/mol. The van der Waals surface area contributed by atoms with Crippen molar-refractivity contribution in [2.75, 3.05) is 27.2 Å². The zero-order chi connectivity index (χ0) is 17.6. The minimum Gasteiger partial charge on any atom is -0.444 e. The molecule has 22 heavy (non-hydrogen) atoms. The topological polar surface area (TPSA) is 66.0 Å². The van der Waals surface area contributed by atoms with Crippen molar-refractivity contribution in [1.82, 2.24) is 15.5 Å². The Bertz CT molecular complexity index is 381. The number of ether oxygens (including phenoxy) is 1. The van der Waals surface area contributed by atoms with Crippen LogP contribution in [0.3, 0.4) is 0 Å². The summed E-state index contributed by atoms with van der Waals surface area (Å²) < 4.78 is 5.34. The van der Waals surface area contributed by atoms with Gasteiger partial charge in [0.25, 0.3) is 0 Å². The molecule has 0 saturated heterocycles. The Kier molecular flexibility index (Phi) is 7.70. The highest BCUT2D eigenvalue weighted by molar-refractivity contribution is 5.80. The van der Waals surface area contributed by atoms with E-state index in [1.807, 2.05) is 20.8 Å². The van der Waals surface area contributed by atoms with Crippen molar-refractivity contribution in [3.63, 3.8) is 0 Å². The third-order valence-electron chi connectivity index (χ3n) is 2.63. The van der Waals surface area contributed by atoms with Crippen LogP contribution in [0.5, 0.6) is 0 Å². The van der Waals surface area contributed by atoms with Crippen molar-refractivity contribution >= 4 is 12.1 Å². The molecular formula is C16H34N4O2. The number of nitrogens with one attached hydrogen (secondary N) is 2. The highest BCUT2D eigenvalue weighted by Gasteiger charge is 2.21. The van der Waals surface area contributed by atoms with Gasteiger partial charge in [-0.2, -0.15) is 0 Å². The average molecular weight is 314 g/mol. The first-order chi connectivity index (χ1) is 9.84. The number of carbonyl (C=O) groups is 1. The zero-order valence-electron chi connectivity index (χ0n) is 15.7. The molecule has 1 atom stereocenters. The highest BCUT2D eigenvalue weighted by Crippen LogP contribution is 2.10. The summed E-state index contributed by atoms with van der Waals surface area (Å²) in [5.41, 5.74) is -0.510. The van der Waals surface area contributed by atoms with Crippen LogP contribution in [0.1, 0.15) is 48.5 Å². The summed E-state index contributed by atoms with van der Waals surface area (Å²) in [6, 6.07) is 0. The first-order valence-electron chi connectivity index (χ1n) is 7.77. The summed E-state index contributed by atoms with van der Waals surface area (Å²) in [5, 5.41) is 6.58. The minimum absolute atomic E-state index is 0.0433. The number of hydrogen-bond acceptors (Lipinski definition) is 3. The molecule has 6 nitrogen and oxygen atoms in total.